The lowest BCUT2D eigenvalue weighted by atomic mass is 9.86. The molecule has 2 rings (SSSR count). The van der Waals surface area contributed by atoms with Gasteiger partial charge in [-0.2, -0.15) is 0 Å². The first kappa shape index (κ1) is 12.4. The predicted molar refractivity (Wildman–Crippen MR) is 63.4 cm³/mol. The van der Waals surface area contributed by atoms with Gasteiger partial charge in [-0.1, -0.05) is 6.92 Å². The highest BCUT2D eigenvalue weighted by atomic mass is 16.4. The molecule has 2 fully saturated rings. The van der Waals surface area contributed by atoms with Crippen LogP contribution in [0.15, 0.2) is 0 Å². The van der Waals surface area contributed by atoms with Crippen molar-refractivity contribution in [3.8, 4) is 0 Å². The molecule has 0 aromatic carbocycles. The highest BCUT2D eigenvalue weighted by Crippen LogP contribution is 2.36. The molecule has 0 bridgehead atoms. The molecule has 2 aliphatic carbocycles. The van der Waals surface area contributed by atoms with Crippen molar-refractivity contribution < 1.29 is 14.7 Å². The number of carbonyl (C=O) groups is 2. The third kappa shape index (κ3) is 3.20. The molecule has 4 heteroatoms. The third-order valence-corrected chi connectivity index (χ3v) is 4.17. The van der Waals surface area contributed by atoms with Gasteiger partial charge in [0.15, 0.2) is 0 Å². The van der Waals surface area contributed by atoms with E-state index in [2.05, 4.69) is 5.32 Å². The number of nitrogens with one attached hydrogen (secondary N) is 1. The average molecular weight is 239 g/mol. The van der Waals surface area contributed by atoms with E-state index in [1.54, 1.807) is 0 Å². The molecule has 2 saturated carbocycles. The number of rotatable bonds is 4. The van der Waals surface area contributed by atoms with Gasteiger partial charge in [0.2, 0.25) is 5.91 Å². The normalized spacial score (nSPS) is 30.6. The van der Waals surface area contributed by atoms with Gasteiger partial charge in [0.1, 0.15) is 0 Å². The Labute approximate surface area is 102 Å². The topological polar surface area (TPSA) is 66.4 Å². The second-order valence-corrected chi connectivity index (χ2v) is 5.52. The van der Waals surface area contributed by atoms with E-state index >= 15 is 0 Å². The maximum absolute atomic E-state index is 11.9. The summed E-state index contributed by atoms with van der Waals surface area (Å²) in [4.78, 5) is 22.7. The van der Waals surface area contributed by atoms with Crippen molar-refractivity contribution in [1.29, 1.82) is 0 Å². The van der Waals surface area contributed by atoms with Crippen LogP contribution in [-0.4, -0.2) is 23.0 Å². The SMILES string of the molecule is CC(C(=O)NC1CCC(C(=O)O)CC1)C1CC1. The summed E-state index contributed by atoms with van der Waals surface area (Å²) >= 11 is 0. The zero-order valence-corrected chi connectivity index (χ0v) is 10.3. The molecule has 4 nitrogen and oxygen atoms in total. The Hall–Kier alpha value is -1.06. The van der Waals surface area contributed by atoms with Crippen LogP contribution in [0.3, 0.4) is 0 Å². The van der Waals surface area contributed by atoms with Crippen molar-refractivity contribution in [2.24, 2.45) is 17.8 Å². The summed E-state index contributed by atoms with van der Waals surface area (Å²) in [6.07, 6.45) is 5.36. The Bertz CT molecular complexity index is 304. The maximum Gasteiger partial charge on any atom is 0.306 e. The Kier molecular flexibility index (Phi) is 3.69. The first-order valence-electron chi connectivity index (χ1n) is 6.61. The van der Waals surface area contributed by atoms with Crippen LogP contribution < -0.4 is 5.32 Å². The molecule has 0 saturated heterocycles. The zero-order chi connectivity index (χ0) is 12.4. The zero-order valence-electron chi connectivity index (χ0n) is 10.3. The number of carbonyl (C=O) groups excluding carboxylic acids is 1. The predicted octanol–water partition coefficient (Wildman–Crippen LogP) is 1.79. The van der Waals surface area contributed by atoms with Gasteiger partial charge in [0.25, 0.3) is 0 Å². The molecule has 1 amide bonds. The molecule has 0 aromatic heterocycles. The highest BCUT2D eigenvalue weighted by molar-refractivity contribution is 5.79. The summed E-state index contributed by atoms with van der Waals surface area (Å²) < 4.78 is 0. The van der Waals surface area contributed by atoms with Gasteiger partial charge in [0, 0.05) is 12.0 Å². The van der Waals surface area contributed by atoms with E-state index in [1.807, 2.05) is 6.92 Å². The molecule has 0 aliphatic heterocycles. The lowest BCUT2D eigenvalue weighted by Gasteiger charge is -2.27. The van der Waals surface area contributed by atoms with Gasteiger partial charge in [0.05, 0.1) is 5.92 Å². The molecule has 0 spiro atoms. The summed E-state index contributed by atoms with van der Waals surface area (Å²) in [6.45, 7) is 2.00. The van der Waals surface area contributed by atoms with Gasteiger partial charge >= 0.3 is 5.97 Å². The average Bonchev–Trinajstić information content (AvgIpc) is 3.12. The number of hydrogen-bond acceptors (Lipinski definition) is 2. The fourth-order valence-corrected chi connectivity index (χ4v) is 2.63. The van der Waals surface area contributed by atoms with Crippen LogP contribution in [0.1, 0.15) is 45.4 Å². The third-order valence-electron chi connectivity index (χ3n) is 4.17. The molecule has 1 atom stereocenters. The molecule has 96 valence electrons. The number of amides is 1. The second kappa shape index (κ2) is 5.07. The summed E-state index contributed by atoms with van der Waals surface area (Å²) in [5, 5.41) is 12.0. The standard InChI is InChI=1S/C13H21NO3/c1-8(9-2-3-9)12(15)14-11-6-4-10(5-7-11)13(16)17/h8-11H,2-7H2,1H3,(H,14,15)(H,16,17). The maximum atomic E-state index is 11.9. The molecule has 17 heavy (non-hydrogen) atoms. The van der Waals surface area contributed by atoms with E-state index in [4.69, 9.17) is 5.11 Å². The highest BCUT2D eigenvalue weighted by Gasteiger charge is 2.34. The monoisotopic (exact) mass is 239 g/mol. The quantitative estimate of drug-likeness (QED) is 0.786. The molecule has 2 aliphatic rings. The van der Waals surface area contributed by atoms with Crippen LogP contribution >= 0.6 is 0 Å². The van der Waals surface area contributed by atoms with Crippen LogP contribution in [-0.2, 0) is 9.59 Å². The lowest BCUT2D eigenvalue weighted by molar-refractivity contribution is -0.142. The largest absolute Gasteiger partial charge is 0.481 e. The molecule has 1 unspecified atom stereocenters. The van der Waals surface area contributed by atoms with Crippen molar-refractivity contribution >= 4 is 11.9 Å². The van der Waals surface area contributed by atoms with Gasteiger partial charge in [-0.05, 0) is 44.4 Å². The Morgan fingerprint density at radius 3 is 2.18 bits per heavy atom. The van der Waals surface area contributed by atoms with Gasteiger partial charge < -0.3 is 10.4 Å². The minimum atomic E-state index is -0.693. The van der Waals surface area contributed by atoms with Crippen molar-refractivity contribution in [1.82, 2.24) is 5.32 Å². The summed E-state index contributed by atoms with van der Waals surface area (Å²) in [6, 6.07) is 0.194. The van der Waals surface area contributed by atoms with E-state index in [-0.39, 0.29) is 23.8 Å². The van der Waals surface area contributed by atoms with Crippen LogP contribution in [0.4, 0.5) is 0 Å². The van der Waals surface area contributed by atoms with Crippen LogP contribution in [0.2, 0.25) is 0 Å². The van der Waals surface area contributed by atoms with Crippen LogP contribution in [0.5, 0.6) is 0 Å². The lowest BCUT2D eigenvalue weighted by Crippen LogP contribution is -2.41. The first-order chi connectivity index (χ1) is 8.08. The Balaban J connectivity index is 1.73. The smallest absolute Gasteiger partial charge is 0.306 e. The Morgan fingerprint density at radius 2 is 1.71 bits per heavy atom. The summed E-state index contributed by atoms with van der Waals surface area (Å²) in [5.74, 6) is -0.0195. The van der Waals surface area contributed by atoms with E-state index in [0.29, 0.717) is 18.8 Å². The molecule has 0 heterocycles. The van der Waals surface area contributed by atoms with Gasteiger partial charge in [-0.15, -0.1) is 0 Å². The van der Waals surface area contributed by atoms with Crippen LogP contribution in [0, 0.1) is 17.8 Å². The van der Waals surface area contributed by atoms with Crippen molar-refractivity contribution in [2.75, 3.05) is 0 Å². The number of carboxylic acids is 1. The molecular formula is C13H21NO3. The molecule has 0 radical (unpaired) electrons. The molecule has 2 N–H and O–H groups in total. The van der Waals surface area contributed by atoms with E-state index in [1.165, 1.54) is 12.8 Å². The number of aliphatic carboxylic acids is 1. The summed E-state index contributed by atoms with van der Waals surface area (Å²) in [5.41, 5.74) is 0. The van der Waals surface area contributed by atoms with Crippen LogP contribution in [0.25, 0.3) is 0 Å². The molecular weight excluding hydrogens is 218 g/mol. The van der Waals surface area contributed by atoms with E-state index in [9.17, 15) is 9.59 Å². The van der Waals surface area contributed by atoms with E-state index in [0.717, 1.165) is 12.8 Å². The van der Waals surface area contributed by atoms with Crippen molar-refractivity contribution in [3.05, 3.63) is 0 Å². The minimum absolute atomic E-state index is 0.132. The minimum Gasteiger partial charge on any atom is -0.481 e. The van der Waals surface area contributed by atoms with E-state index < -0.39 is 5.97 Å². The van der Waals surface area contributed by atoms with Gasteiger partial charge in [-0.3, -0.25) is 9.59 Å². The number of hydrogen-bond donors (Lipinski definition) is 2. The second-order valence-electron chi connectivity index (χ2n) is 5.52. The first-order valence-corrected chi connectivity index (χ1v) is 6.61. The fourth-order valence-electron chi connectivity index (χ4n) is 2.63. The Morgan fingerprint density at radius 1 is 1.12 bits per heavy atom. The number of carboxylic acid groups (broad SMARTS) is 1. The van der Waals surface area contributed by atoms with Crippen molar-refractivity contribution in [3.63, 3.8) is 0 Å². The van der Waals surface area contributed by atoms with Crippen molar-refractivity contribution in [2.45, 2.75) is 51.5 Å². The summed E-state index contributed by atoms with van der Waals surface area (Å²) in [7, 11) is 0. The van der Waals surface area contributed by atoms with Gasteiger partial charge in [-0.25, -0.2) is 0 Å². The molecule has 0 aromatic rings. The fraction of sp³-hybridized carbons (Fsp3) is 0.846.